The molecule has 4 nitrogen and oxygen atoms in total. The minimum atomic E-state index is -0.0712. The second kappa shape index (κ2) is 9.15. The number of carbonyl (C=O) groups excluding carboxylic acids is 1. The summed E-state index contributed by atoms with van der Waals surface area (Å²) in [6.45, 7) is 3.46. The van der Waals surface area contributed by atoms with E-state index in [1.807, 2.05) is 31.2 Å². The molecule has 0 aliphatic heterocycles. The molecule has 1 amide bonds. The third kappa shape index (κ3) is 6.05. The van der Waals surface area contributed by atoms with Crippen molar-refractivity contribution in [3.8, 4) is 11.8 Å². The van der Waals surface area contributed by atoms with Gasteiger partial charge in [-0.2, -0.15) is 0 Å². The van der Waals surface area contributed by atoms with Crippen LogP contribution in [0.1, 0.15) is 25.3 Å². The fourth-order valence-corrected chi connectivity index (χ4v) is 1.47. The van der Waals surface area contributed by atoms with Crippen LogP contribution in [0.5, 0.6) is 0 Å². The van der Waals surface area contributed by atoms with Crippen LogP contribution in [-0.4, -0.2) is 25.7 Å². The van der Waals surface area contributed by atoms with Gasteiger partial charge in [0.2, 0.25) is 5.91 Å². The predicted octanol–water partition coefficient (Wildman–Crippen LogP) is 1.75. The molecule has 1 aromatic carbocycles. The minimum Gasteiger partial charge on any atom is -0.381 e. The Labute approximate surface area is 114 Å². The lowest BCUT2D eigenvalue weighted by molar-refractivity contribution is -0.117. The third-order valence-electron chi connectivity index (χ3n) is 2.35. The van der Waals surface area contributed by atoms with Gasteiger partial charge in [-0.15, -0.1) is 0 Å². The topological polar surface area (TPSA) is 64.3 Å². The van der Waals surface area contributed by atoms with Crippen molar-refractivity contribution in [3.63, 3.8) is 0 Å². The van der Waals surface area contributed by atoms with Gasteiger partial charge >= 0.3 is 0 Å². The molecule has 0 bridgehead atoms. The SMILES string of the molecule is CCCOCCC(=O)Nc1ccccc1C#CCN. The van der Waals surface area contributed by atoms with Crippen LogP contribution in [0, 0.1) is 11.8 Å². The number of carbonyl (C=O) groups is 1. The van der Waals surface area contributed by atoms with E-state index in [4.69, 9.17) is 10.5 Å². The van der Waals surface area contributed by atoms with E-state index in [1.165, 1.54) is 0 Å². The van der Waals surface area contributed by atoms with E-state index >= 15 is 0 Å². The van der Waals surface area contributed by atoms with Crippen molar-refractivity contribution < 1.29 is 9.53 Å². The number of para-hydroxylation sites is 1. The van der Waals surface area contributed by atoms with Crippen LogP contribution >= 0.6 is 0 Å². The van der Waals surface area contributed by atoms with E-state index in [0.717, 1.165) is 12.0 Å². The Morgan fingerprint density at radius 3 is 2.89 bits per heavy atom. The average Bonchev–Trinajstić information content (AvgIpc) is 2.43. The minimum absolute atomic E-state index is 0.0712. The van der Waals surface area contributed by atoms with Gasteiger partial charge in [-0.1, -0.05) is 30.9 Å². The molecule has 0 aliphatic rings. The second-order valence-corrected chi connectivity index (χ2v) is 3.96. The number of amides is 1. The number of nitrogens with two attached hydrogens (primary N) is 1. The van der Waals surface area contributed by atoms with Crippen LogP contribution in [0.3, 0.4) is 0 Å². The zero-order valence-corrected chi connectivity index (χ0v) is 11.2. The number of benzene rings is 1. The largest absolute Gasteiger partial charge is 0.381 e. The lowest BCUT2D eigenvalue weighted by atomic mass is 10.2. The lowest BCUT2D eigenvalue weighted by Crippen LogP contribution is -2.15. The van der Waals surface area contributed by atoms with Crippen molar-refractivity contribution in [1.29, 1.82) is 0 Å². The van der Waals surface area contributed by atoms with E-state index in [2.05, 4.69) is 17.2 Å². The Kier molecular flexibility index (Phi) is 7.33. The molecule has 0 radical (unpaired) electrons. The summed E-state index contributed by atoms with van der Waals surface area (Å²) in [5.74, 6) is 5.64. The molecule has 3 N–H and O–H groups in total. The Bertz CT molecular complexity index is 461. The first-order valence-corrected chi connectivity index (χ1v) is 6.43. The van der Waals surface area contributed by atoms with Gasteiger partial charge in [-0.05, 0) is 18.6 Å². The smallest absolute Gasteiger partial charge is 0.226 e. The Hall–Kier alpha value is -1.83. The van der Waals surface area contributed by atoms with Gasteiger partial charge in [0.15, 0.2) is 0 Å². The molecule has 0 fully saturated rings. The highest BCUT2D eigenvalue weighted by atomic mass is 16.5. The molecule has 0 aliphatic carbocycles. The van der Waals surface area contributed by atoms with E-state index in [-0.39, 0.29) is 5.91 Å². The molecule has 0 atom stereocenters. The van der Waals surface area contributed by atoms with Crippen LogP contribution in [-0.2, 0) is 9.53 Å². The summed E-state index contributed by atoms with van der Waals surface area (Å²) in [4.78, 5) is 11.7. The monoisotopic (exact) mass is 260 g/mol. The van der Waals surface area contributed by atoms with Gasteiger partial charge in [0.25, 0.3) is 0 Å². The predicted molar refractivity (Wildman–Crippen MR) is 76.7 cm³/mol. The van der Waals surface area contributed by atoms with Gasteiger partial charge < -0.3 is 15.8 Å². The quantitative estimate of drug-likeness (QED) is 0.605. The van der Waals surface area contributed by atoms with Crippen LogP contribution in [0.15, 0.2) is 24.3 Å². The van der Waals surface area contributed by atoms with Crippen molar-refractivity contribution in [2.45, 2.75) is 19.8 Å². The summed E-state index contributed by atoms with van der Waals surface area (Å²) < 4.78 is 5.28. The van der Waals surface area contributed by atoms with Crippen LogP contribution in [0.4, 0.5) is 5.69 Å². The Morgan fingerprint density at radius 1 is 1.37 bits per heavy atom. The van der Waals surface area contributed by atoms with Crippen molar-refractivity contribution in [2.24, 2.45) is 5.73 Å². The number of rotatable bonds is 6. The fraction of sp³-hybridized carbons (Fsp3) is 0.400. The fourth-order valence-electron chi connectivity index (χ4n) is 1.47. The molecular formula is C15H20N2O2. The summed E-state index contributed by atoms with van der Waals surface area (Å²) >= 11 is 0. The zero-order chi connectivity index (χ0) is 13.9. The maximum Gasteiger partial charge on any atom is 0.226 e. The van der Waals surface area contributed by atoms with Crippen LogP contribution in [0.25, 0.3) is 0 Å². The maximum atomic E-state index is 11.7. The zero-order valence-electron chi connectivity index (χ0n) is 11.2. The van der Waals surface area contributed by atoms with Crippen LogP contribution < -0.4 is 11.1 Å². The first-order chi connectivity index (χ1) is 9.27. The van der Waals surface area contributed by atoms with Gasteiger partial charge in [0, 0.05) is 12.2 Å². The lowest BCUT2D eigenvalue weighted by Gasteiger charge is -2.07. The van der Waals surface area contributed by atoms with Crippen LogP contribution in [0.2, 0.25) is 0 Å². The molecule has 4 heteroatoms. The maximum absolute atomic E-state index is 11.7. The first-order valence-electron chi connectivity index (χ1n) is 6.43. The number of anilines is 1. The molecule has 0 aromatic heterocycles. The van der Waals surface area contributed by atoms with Crippen molar-refractivity contribution in [2.75, 3.05) is 25.1 Å². The van der Waals surface area contributed by atoms with Crippen molar-refractivity contribution in [3.05, 3.63) is 29.8 Å². The molecule has 0 saturated heterocycles. The highest BCUT2D eigenvalue weighted by Crippen LogP contribution is 2.13. The first kappa shape index (κ1) is 15.2. The summed E-state index contributed by atoms with van der Waals surface area (Å²) in [5, 5.41) is 2.83. The molecule has 0 heterocycles. The van der Waals surface area contributed by atoms with Gasteiger partial charge in [0.05, 0.1) is 25.3 Å². The normalized spacial score (nSPS) is 9.58. The molecular weight excluding hydrogens is 240 g/mol. The molecule has 19 heavy (non-hydrogen) atoms. The molecule has 102 valence electrons. The molecule has 1 aromatic rings. The van der Waals surface area contributed by atoms with Gasteiger partial charge in [-0.25, -0.2) is 0 Å². The molecule has 0 spiro atoms. The van der Waals surface area contributed by atoms with Gasteiger partial charge in [-0.3, -0.25) is 4.79 Å². The number of ether oxygens (including phenoxy) is 1. The van der Waals surface area contributed by atoms with Gasteiger partial charge in [0.1, 0.15) is 0 Å². The number of nitrogens with one attached hydrogen (secondary N) is 1. The summed E-state index contributed by atoms with van der Waals surface area (Å²) in [7, 11) is 0. The highest BCUT2D eigenvalue weighted by Gasteiger charge is 2.05. The van der Waals surface area contributed by atoms with E-state index < -0.39 is 0 Å². The van der Waals surface area contributed by atoms with E-state index in [0.29, 0.717) is 31.9 Å². The average molecular weight is 260 g/mol. The number of hydrogen-bond donors (Lipinski definition) is 2. The summed E-state index contributed by atoms with van der Waals surface area (Å²) in [6.07, 6.45) is 1.30. The van der Waals surface area contributed by atoms with E-state index in [1.54, 1.807) is 0 Å². The van der Waals surface area contributed by atoms with Crippen molar-refractivity contribution in [1.82, 2.24) is 0 Å². The van der Waals surface area contributed by atoms with Crippen molar-refractivity contribution >= 4 is 11.6 Å². The Balaban J connectivity index is 2.54. The Morgan fingerprint density at radius 2 is 2.16 bits per heavy atom. The highest BCUT2D eigenvalue weighted by molar-refractivity contribution is 5.92. The number of hydrogen-bond acceptors (Lipinski definition) is 3. The molecule has 0 saturated carbocycles. The molecule has 1 rings (SSSR count). The third-order valence-corrected chi connectivity index (χ3v) is 2.35. The summed E-state index contributed by atoms with van der Waals surface area (Å²) in [6, 6.07) is 7.41. The standard InChI is InChI=1S/C15H20N2O2/c1-2-11-19-12-9-15(18)17-14-8-4-3-6-13(14)7-5-10-16/h3-4,6,8H,2,9-12,16H2,1H3,(H,17,18). The second-order valence-electron chi connectivity index (χ2n) is 3.96. The molecule has 0 unspecified atom stereocenters. The van der Waals surface area contributed by atoms with E-state index in [9.17, 15) is 4.79 Å². The summed E-state index contributed by atoms with van der Waals surface area (Å²) in [5.41, 5.74) is 6.83.